The molecule has 3 nitrogen and oxygen atoms in total. The minimum Gasteiger partial charge on any atom is -0.338 e. The van der Waals surface area contributed by atoms with Crippen LogP contribution in [0, 0.1) is 3.95 Å². The number of nitrogens with zero attached hydrogens (tertiary/aromatic N) is 1. The van der Waals surface area contributed by atoms with Gasteiger partial charge in [0, 0.05) is 10.9 Å². The van der Waals surface area contributed by atoms with Gasteiger partial charge in [0.1, 0.15) is 5.69 Å². The summed E-state index contributed by atoms with van der Waals surface area (Å²) in [5, 5.41) is 1.86. The van der Waals surface area contributed by atoms with E-state index < -0.39 is 0 Å². The van der Waals surface area contributed by atoms with E-state index in [1.165, 1.54) is 16.1 Å². The van der Waals surface area contributed by atoms with Gasteiger partial charge in [-0.3, -0.25) is 4.79 Å². The third-order valence-corrected chi connectivity index (χ3v) is 3.04. The van der Waals surface area contributed by atoms with Crippen molar-refractivity contribution >= 4 is 30.0 Å². The molecule has 1 aromatic heterocycles. The van der Waals surface area contributed by atoms with Gasteiger partial charge < -0.3 is 4.84 Å². The van der Waals surface area contributed by atoms with E-state index in [0.717, 1.165) is 11.3 Å². The Kier molecular flexibility index (Phi) is 2.94. The Morgan fingerprint density at radius 1 is 1.33 bits per heavy atom. The molecule has 0 bridgehead atoms. The van der Waals surface area contributed by atoms with Crippen LogP contribution in [0.25, 0.3) is 11.3 Å². The molecule has 0 spiro atoms. The summed E-state index contributed by atoms with van der Waals surface area (Å²) < 4.78 is 1.86. The number of carbonyl (C=O) groups excluding carboxylic acids is 1. The van der Waals surface area contributed by atoms with Crippen LogP contribution < -0.4 is 4.84 Å². The van der Waals surface area contributed by atoms with Crippen LogP contribution >= 0.6 is 23.6 Å². The molecule has 76 valence electrons. The number of rotatable bonds is 3. The topological polar surface area (TPSA) is 31.2 Å². The fourth-order valence-electron chi connectivity index (χ4n) is 1.24. The lowest BCUT2D eigenvalue weighted by molar-refractivity contribution is -0.129. The second-order valence-electron chi connectivity index (χ2n) is 2.75. The first-order valence-electron chi connectivity index (χ1n) is 4.19. The Balaban J connectivity index is 2.54. The Labute approximate surface area is 95.5 Å². The molecule has 2 aromatic rings. The number of aromatic nitrogens is 1. The number of thiazole rings is 1. The van der Waals surface area contributed by atoms with Crippen LogP contribution in [0.15, 0.2) is 35.7 Å². The Bertz CT molecular complexity index is 516. The fourth-order valence-corrected chi connectivity index (χ4v) is 2.20. The molecule has 15 heavy (non-hydrogen) atoms. The third-order valence-electron chi connectivity index (χ3n) is 1.87. The molecular weight excluding hydrogens is 230 g/mol. The summed E-state index contributed by atoms with van der Waals surface area (Å²) in [5.41, 5.74) is 1.75. The van der Waals surface area contributed by atoms with Crippen molar-refractivity contribution < 1.29 is 9.63 Å². The van der Waals surface area contributed by atoms with E-state index in [1.54, 1.807) is 0 Å². The van der Waals surface area contributed by atoms with Crippen molar-refractivity contribution in [1.82, 2.24) is 4.73 Å². The fraction of sp³-hybridized carbons (Fsp3) is 0. The Morgan fingerprint density at radius 2 is 2.07 bits per heavy atom. The molecule has 0 saturated carbocycles. The summed E-state index contributed by atoms with van der Waals surface area (Å²) in [6, 6.07) is 9.63. The van der Waals surface area contributed by atoms with Gasteiger partial charge in [-0.25, -0.2) is 0 Å². The summed E-state index contributed by atoms with van der Waals surface area (Å²) in [5.74, 6) is 0. The van der Waals surface area contributed by atoms with E-state index in [9.17, 15) is 4.79 Å². The Morgan fingerprint density at radius 3 is 2.73 bits per heavy atom. The van der Waals surface area contributed by atoms with Gasteiger partial charge in [-0.1, -0.05) is 30.3 Å². The maximum atomic E-state index is 10.3. The second kappa shape index (κ2) is 4.37. The van der Waals surface area contributed by atoms with Crippen LogP contribution in [-0.4, -0.2) is 11.2 Å². The number of hydrogen-bond acceptors (Lipinski definition) is 4. The van der Waals surface area contributed by atoms with Crippen molar-refractivity contribution in [3.05, 3.63) is 39.7 Å². The first-order valence-corrected chi connectivity index (χ1v) is 5.48. The first-order chi connectivity index (χ1) is 7.33. The van der Waals surface area contributed by atoms with E-state index in [1.807, 2.05) is 35.7 Å². The minimum absolute atomic E-state index is 0.370. The smallest absolute Gasteiger partial charge is 0.321 e. The lowest BCUT2D eigenvalue weighted by Crippen LogP contribution is -2.09. The largest absolute Gasteiger partial charge is 0.338 e. The van der Waals surface area contributed by atoms with Gasteiger partial charge in [0.05, 0.1) is 0 Å². The highest BCUT2D eigenvalue weighted by Gasteiger charge is 2.06. The summed E-state index contributed by atoms with van der Waals surface area (Å²) in [4.78, 5) is 15.1. The molecule has 1 aromatic carbocycles. The molecule has 5 heteroatoms. The van der Waals surface area contributed by atoms with Crippen molar-refractivity contribution in [2.24, 2.45) is 0 Å². The van der Waals surface area contributed by atoms with E-state index >= 15 is 0 Å². The summed E-state index contributed by atoms with van der Waals surface area (Å²) in [6.45, 7) is 0.370. The van der Waals surface area contributed by atoms with Crippen LogP contribution in [0.1, 0.15) is 0 Å². The zero-order valence-electron chi connectivity index (χ0n) is 7.62. The standard InChI is InChI=1S/C10H7NO2S2/c12-7-13-11-9(6-15-10(11)14)8-4-2-1-3-5-8/h1-7H. The van der Waals surface area contributed by atoms with Crippen LogP contribution in [-0.2, 0) is 4.79 Å². The van der Waals surface area contributed by atoms with Gasteiger partial charge in [-0.15, -0.1) is 11.3 Å². The lowest BCUT2D eigenvalue weighted by Gasteiger charge is -2.03. The highest BCUT2D eigenvalue weighted by atomic mass is 32.1. The van der Waals surface area contributed by atoms with Crippen molar-refractivity contribution in [3.63, 3.8) is 0 Å². The Hall–Kier alpha value is -1.46. The quantitative estimate of drug-likeness (QED) is 0.607. The van der Waals surface area contributed by atoms with Crippen molar-refractivity contribution in [2.45, 2.75) is 0 Å². The molecule has 2 rings (SSSR count). The molecule has 0 amide bonds. The monoisotopic (exact) mass is 237 g/mol. The van der Waals surface area contributed by atoms with Gasteiger partial charge in [0.25, 0.3) is 0 Å². The number of benzene rings is 1. The average molecular weight is 237 g/mol. The van der Waals surface area contributed by atoms with Gasteiger partial charge >= 0.3 is 6.47 Å². The van der Waals surface area contributed by atoms with Gasteiger partial charge in [0.15, 0.2) is 3.95 Å². The van der Waals surface area contributed by atoms with Gasteiger partial charge in [-0.2, -0.15) is 4.73 Å². The second-order valence-corrected chi connectivity index (χ2v) is 4.25. The molecule has 0 atom stereocenters. The van der Waals surface area contributed by atoms with E-state index in [2.05, 4.69) is 0 Å². The maximum Gasteiger partial charge on any atom is 0.321 e. The van der Waals surface area contributed by atoms with Gasteiger partial charge in [0.2, 0.25) is 0 Å². The molecule has 1 heterocycles. The molecule has 0 aliphatic carbocycles. The molecule has 0 radical (unpaired) electrons. The predicted molar refractivity (Wildman–Crippen MR) is 61.2 cm³/mol. The summed E-state index contributed by atoms with van der Waals surface area (Å²) in [7, 11) is 0. The minimum atomic E-state index is 0.370. The van der Waals surface area contributed by atoms with Crippen molar-refractivity contribution in [3.8, 4) is 11.3 Å². The van der Waals surface area contributed by atoms with Crippen LogP contribution in [0.5, 0.6) is 0 Å². The van der Waals surface area contributed by atoms with Crippen LogP contribution in [0.2, 0.25) is 0 Å². The first kappa shape index (κ1) is 10.1. The molecule has 0 unspecified atom stereocenters. The zero-order valence-corrected chi connectivity index (χ0v) is 9.25. The molecule has 0 saturated heterocycles. The highest BCUT2D eigenvalue weighted by molar-refractivity contribution is 7.73. The maximum absolute atomic E-state index is 10.3. The van der Waals surface area contributed by atoms with Crippen molar-refractivity contribution in [1.29, 1.82) is 0 Å². The number of carbonyl (C=O) groups is 1. The third kappa shape index (κ3) is 1.98. The van der Waals surface area contributed by atoms with E-state index in [-0.39, 0.29) is 0 Å². The predicted octanol–water partition coefficient (Wildman–Crippen LogP) is 2.53. The SMILES string of the molecule is O=COn1c(-c2ccccc2)csc1=S. The lowest BCUT2D eigenvalue weighted by atomic mass is 10.2. The molecule has 0 aliphatic heterocycles. The highest BCUT2D eigenvalue weighted by Crippen LogP contribution is 2.22. The molecular formula is C10H7NO2S2. The number of hydrogen-bond donors (Lipinski definition) is 0. The van der Waals surface area contributed by atoms with E-state index in [0.29, 0.717) is 10.4 Å². The summed E-state index contributed by atoms with van der Waals surface area (Å²) in [6.07, 6.45) is 0. The van der Waals surface area contributed by atoms with Crippen molar-refractivity contribution in [2.75, 3.05) is 0 Å². The average Bonchev–Trinajstić information content (AvgIpc) is 2.63. The molecule has 0 aliphatic rings. The zero-order chi connectivity index (χ0) is 10.7. The van der Waals surface area contributed by atoms with Crippen LogP contribution in [0.3, 0.4) is 0 Å². The molecule has 0 N–H and O–H groups in total. The normalized spacial score (nSPS) is 9.87. The van der Waals surface area contributed by atoms with E-state index in [4.69, 9.17) is 17.1 Å². The molecule has 0 fully saturated rings. The van der Waals surface area contributed by atoms with Crippen LogP contribution in [0.4, 0.5) is 0 Å². The van der Waals surface area contributed by atoms with Gasteiger partial charge in [-0.05, 0) is 12.2 Å². The summed E-state index contributed by atoms with van der Waals surface area (Å²) >= 11 is 6.40.